The summed E-state index contributed by atoms with van der Waals surface area (Å²) in [5, 5.41) is 2.92. The molecule has 1 spiro atoms. The van der Waals surface area contributed by atoms with E-state index in [1.807, 2.05) is 0 Å². The van der Waals surface area contributed by atoms with Crippen molar-refractivity contribution in [3.63, 3.8) is 0 Å². The number of amides is 3. The van der Waals surface area contributed by atoms with Gasteiger partial charge in [-0.15, -0.1) is 0 Å². The van der Waals surface area contributed by atoms with E-state index in [2.05, 4.69) is 5.32 Å². The molecule has 1 saturated heterocycles. The molecule has 1 saturated carbocycles. The van der Waals surface area contributed by atoms with Crippen LogP contribution in [-0.2, 0) is 4.79 Å². The van der Waals surface area contributed by atoms with Crippen molar-refractivity contribution in [3.8, 4) is 0 Å². The van der Waals surface area contributed by atoms with Gasteiger partial charge in [-0.2, -0.15) is 0 Å². The maximum atomic E-state index is 12.4. The molecule has 0 atom stereocenters. The number of urea groups is 1. The maximum absolute atomic E-state index is 12.4. The van der Waals surface area contributed by atoms with Crippen LogP contribution in [0.2, 0.25) is 0 Å². The summed E-state index contributed by atoms with van der Waals surface area (Å²) in [4.78, 5) is 25.7. The number of carbonyl (C=O) groups is 2. The Morgan fingerprint density at radius 1 is 1.11 bits per heavy atom. The zero-order valence-electron chi connectivity index (χ0n) is 10.9. The Kier molecular flexibility index (Phi) is 4.22. The topological polar surface area (TPSA) is 75.4 Å². The van der Waals surface area contributed by atoms with Gasteiger partial charge < -0.3 is 11.1 Å². The molecule has 3 N–H and O–H groups in total. The first-order chi connectivity index (χ1) is 8.69. The molecule has 0 unspecified atom stereocenters. The van der Waals surface area contributed by atoms with Crippen LogP contribution in [0.5, 0.6) is 0 Å². The zero-order valence-corrected chi connectivity index (χ0v) is 10.9. The van der Waals surface area contributed by atoms with E-state index >= 15 is 0 Å². The van der Waals surface area contributed by atoms with Crippen LogP contribution in [0, 0.1) is 0 Å². The third-order valence-corrected chi connectivity index (χ3v) is 4.04. The van der Waals surface area contributed by atoms with Gasteiger partial charge in [-0.05, 0) is 32.2 Å². The van der Waals surface area contributed by atoms with Gasteiger partial charge in [-0.1, -0.05) is 25.7 Å². The average molecular weight is 253 g/mol. The third-order valence-electron chi connectivity index (χ3n) is 4.04. The predicted octanol–water partition coefficient (Wildman–Crippen LogP) is 1.37. The fraction of sp³-hybridized carbons (Fsp3) is 0.846. The fourth-order valence-corrected chi connectivity index (χ4v) is 2.96. The number of carbonyl (C=O) groups excluding carboxylic acids is 2. The van der Waals surface area contributed by atoms with E-state index < -0.39 is 5.54 Å². The molecule has 2 fully saturated rings. The molecule has 5 nitrogen and oxygen atoms in total. The minimum atomic E-state index is -0.566. The van der Waals surface area contributed by atoms with Crippen molar-refractivity contribution in [2.24, 2.45) is 5.73 Å². The second kappa shape index (κ2) is 5.69. The van der Waals surface area contributed by atoms with E-state index in [4.69, 9.17) is 5.73 Å². The molecule has 0 radical (unpaired) electrons. The van der Waals surface area contributed by atoms with Gasteiger partial charge in [0.05, 0.1) is 0 Å². The molecule has 5 heteroatoms. The molecule has 18 heavy (non-hydrogen) atoms. The minimum absolute atomic E-state index is 0.0000477. The fourth-order valence-electron chi connectivity index (χ4n) is 2.96. The van der Waals surface area contributed by atoms with Crippen LogP contribution in [0.1, 0.15) is 51.4 Å². The Balaban J connectivity index is 1.92. The lowest BCUT2D eigenvalue weighted by Gasteiger charge is -2.30. The second-order valence-corrected chi connectivity index (χ2v) is 5.38. The predicted molar refractivity (Wildman–Crippen MR) is 69.0 cm³/mol. The molecule has 0 aromatic heterocycles. The number of unbranched alkanes of at least 4 members (excludes halogenated alkanes) is 2. The van der Waals surface area contributed by atoms with Crippen LogP contribution in [0.4, 0.5) is 4.79 Å². The van der Waals surface area contributed by atoms with E-state index in [1.54, 1.807) is 0 Å². The van der Waals surface area contributed by atoms with Crippen molar-refractivity contribution in [3.05, 3.63) is 0 Å². The summed E-state index contributed by atoms with van der Waals surface area (Å²) in [7, 11) is 0. The number of nitrogens with one attached hydrogen (secondary N) is 1. The van der Waals surface area contributed by atoms with Crippen molar-refractivity contribution in [2.45, 2.75) is 56.9 Å². The highest BCUT2D eigenvalue weighted by Crippen LogP contribution is 2.33. The number of nitrogens with zero attached hydrogens (tertiary/aromatic N) is 1. The standard InChI is InChI=1S/C13H23N3O2/c14-9-5-2-6-10-16-11(17)13(15-12(16)18)7-3-1-4-8-13/h1-10,14H2,(H,15,18). The Morgan fingerprint density at radius 3 is 2.50 bits per heavy atom. The van der Waals surface area contributed by atoms with Crippen LogP contribution in [0.15, 0.2) is 0 Å². The molecule has 0 aromatic carbocycles. The molecular weight excluding hydrogens is 230 g/mol. The van der Waals surface area contributed by atoms with Crippen molar-refractivity contribution in [2.75, 3.05) is 13.1 Å². The number of nitrogens with two attached hydrogens (primary N) is 1. The summed E-state index contributed by atoms with van der Waals surface area (Å²) < 4.78 is 0. The molecule has 0 aromatic rings. The molecule has 1 heterocycles. The lowest BCUT2D eigenvalue weighted by Crippen LogP contribution is -2.48. The van der Waals surface area contributed by atoms with Gasteiger partial charge in [0, 0.05) is 6.54 Å². The van der Waals surface area contributed by atoms with E-state index in [0.717, 1.165) is 44.9 Å². The van der Waals surface area contributed by atoms with Crippen LogP contribution < -0.4 is 11.1 Å². The summed E-state index contributed by atoms with van der Waals surface area (Å²) >= 11 is 0. The van der Waals surface area contributed by atoms with Gasteiger partial charge in [0.25, 0.3) is 5.91 Å². The molecule has 2 rings (SSSR count). The van der Waals surface area contributed by atoms with Gasteiger partial charge in [0.1, 0.15) is 5.54 Å². The molecule has 2 aliphatic rings. The van der Waals surface area contributed by atoms with Gasteiger partial charge in [0.2, 0.25) is 0 Å². The highest BCUT2D eigenvalue weighted by Gasteiger charge is 2.50. The first kappa shape index (κ1) is 13.3. The second-order valence-electron chi connectivity index (χ2n) is 5.38. The first-order valence-corrected chi connectivity index (χ1v) is 7.04. The number of hydrogen-bond donors (Lipinski definition) is 2. The largest absolute Gasteiger partial charge is 0.330 e. The van der Waals surface area contributed by atoms with Gasteiger partial charge in [-0.3, -0.25) is 9.69 Å². The smallest absolute Gasteiger partial charge is 0.325 e. The average Bonchev–Trinajstić information content (AvgIpc) is 2.59. The van der Waals surface area contributed by atoms with Crippen molar-refractivity contribution in [1.29, 1.82) is 0 Å². The summed E-state index contributed by atoms with van der Waals surface area (Å²) in [6.45, 7) is 1.20. The number of hydrogen-bond acceptors (Lipinski definition) is 3. The third kappa shape index (κ3) is 2.51. The van der Waals surface area contributed by atoms with Crippen LogP contribution >= 0.6 is 0 Å². The van der Waals surface area contributed by atoms with Crippen LogP contribution in [0.3, 0.4) is 0 Å². The number of imide groups is 1. The highest BCUT2D eigenvalue weighted by atomic mass is 16.2. The lowest BCUT2D eigenvalue weighted by atomic mass is 9.82. The SMILES string of the molecule is NCCCCCN1C(=O)NC2(CCCCC2)C1=O. The first-order valence-electron chi connectivity index (χ1n) is 7.04. The van der Waals surface area contributed by atoms with Gasteiger partial charge >= 0.3 is 6.03 Å². The highest BCUT2D eigenvalue weighted by molar-refractivity contribution is 6.07. The van der Waals surface area contributed by atoms with Crippen molar-refractivity contribution in [1.82, 2.24) is 10.2 Å². The zero-order chi connectivity index (χ0) is 13.0. The molecule has 3 amide bonds. The van der Waals surface area contributed by atoms with E-state index in [0.29, 0.717) is 13.1 Å². The Hall–Kier alpha value is -1.10. The molecule has 1 aliphatic carbocycles. The van der Waals surface area contributed by atoms with E-state index in [9.17, 15) is 9.59 Å². The van der Waals surface area contributed by atoms with Gasteiger partial charge in [-0.25, -0.2) is 4.79 Å². The Bertz CT molecular complexity index is 324. The van der Waals surface area contributed by atoms with Crippen molar-refractivity contribution >= 4 is 11.9 Å². The minimum Gasteiger partial charge on any atom is -0.330 e. The monoisotopic (exact) mass is 253 g/mol. The summed E-state index contributed by atoms with van der Waals surface area (Å²) in [6, 6.07) is -0.199. The molecule has 102 valence electrons. The molecular formula is C13H23N3O2. The van der Waals surface area contributed by atoms with E-state index in [1.165, 1.54) is 11.3 Å². The van der Waals surface area contributed by atoms with Gasteiger partial charge in [0.15, 0.2) is 0 Å². The summed E-state index contributed by atoms with van der Waals surface area (Å²) in [6.07, 6.45) is 7.62. The summed E-state index contributed by atoms with van der Waals surface area (Å²) in [5.74, 6) is -0.0000477. The molecule has 1 aliphatic heterocycles. The Labute approximate surface area is 108 Å². The van der Waals surface area contributed by atoms with Crippen LogP contribution in [-0.4, -0.2) is 35.5 Å². The maximum Gasteiger partial charge on any atom is 0.325 e. The number of rotatable bonds is 5. The normalized spacial score (nSPS) is 22.6. The lowest BCUT2D eigenvalue weighted by molar-refractivity contribution is -0.132. The molecule has 0 bridgehead atoms. The van der Waals surface area contributed by atoms with Crippen molar-refractivity contribution < 1.29 is 9.59 Å². The quantitative estimate of drug-likeness (QED) is 0.574. The van der Waals surface area contributed by atoms with Crippen LogP contribution in [0.25, 0.3) is 0 Å². The Morgan fingerprint density at radius 2 is 1.83 bits per heavy atom. The van der Waals surface area contributed by atoms with E-state index in [-0.39, 0.29) is 11.9 Å². The summed E-state index contributed by atoms with van der Waals surface area (Å²) in [5.41, 5.74) is 4.86.